The van der Waals surface area contributed by atoms with Gasteiger partial charge in [0.25, 0.3) is 5.91 Å². The third-order valence-electron chi connectivity index (χ3n) is 5.58. The summed E-state index contributed by atoms with van der Waals surface area (Å²) in [5.74, 6) is -0.718. The number of piperidine rings is 1. The number of aromatic nitrogens is 3. The highest BCUT2D eigenvalue weighted by Crippen LogP contribution is 2.29. The van der Waals surface area contributed by atoms with Crippen LogP contribution in [0.2, 0.25) is 0 Å². The molecule has 3 N–H and O–H groups in total. The van der Waals surface area contributed by atoms with Crippen molar-refractivity contribution in [2.75, 3.05) is 18.4 Å². The van der Waals surface area contributed by atoms with E-state index in [0.717, 1.165) is 0 Å². The molecule has 0 bridgehead atoms. The van der Waals surface area contributed by atoms with Gasteiger partial charge >= 0.3 is 6.36 Å². The molecule has 2 aromatic heterocycles. The molecule has 0 unspecified atom stereocenters. The Bertz CT molecular complexity index is 1180. The number of ether oxygens (including phenoxy) is 1. The quantitative estimate of drug-likeness (QED) is 0.603. The molecule has 1 aromatic carbocycles. The van der Waals surface area contributed by atoms with Gasteiger partial charge in [-0.05, 0) is 43.2 Å². The maximum Gasteiger partial charge on any atom is 0.573 e. The summed E-state index contributed by atoms with van der Waals surface area (Å²) in [6, 6.07) is 6.88. The lowest BCUT2D eigenvalue weighted by molar-refractivity contribution is -0.274. The summed E-state index contributed by atoms with van der Waals surface area (Å²) in [4.78, 5) is 34.6. The van der Waals surface area contributed by atoms with Crippen LogP contribution in [0.3, 0.4) is 0 Å². The standard InChI is InChI=1S/C21H21F3N6O3/c1-29-16(20(32)30-8-6-12(7-9-30)17(25)31)10-15-18(26-11-27-19(15)29)28-13-2-4-14(5-3-13)33-21(22,23)24/h2-5,10-12H,6-9H2,1H3,(H2,25,31)(H,26,27,28). The van der Waals surface area contributed by atoms with Gasteiger partial charge in [-0.3, -0.25) is 9.59 Å². The average molecular weight is 462 g/mol. The van der Waals surface area contributed by atoms with Crippen molar-refractivity contribution in [1.82, 2.24) is 19.4 Å². The fourth-order valence-electron chi connectivity index (χ4n) is 3.84. The third-order valence-corrected chi connectivity index (χ3v) is 5.58. The molecule has 3 aromatic rings. The van der Waals surface area contributed by atoms with Crippen LogP contribution in [-0.4, -0.2) is 50.7 Å². The Morgan fingerprint density at radius 2 is 1.82 bits per heavy atom. The Labute approximate surface area is 186 Å². The van der Waals surface area contributed by atoms with E-state index in [0.29, 0.717) is 54.2 Å². The second-order valence-electron chi connectivity index (χ2n) is 7.71. The van der Waals surface area contributed by atoms with Crippen LogP contribution in [0.1, 0.15) is 23.3 Å². The maximum atomic E-state index is 13.1. The van der Waals surface area contributed by atoms with Crippen LogP contribution in [0.5, 0.6) is 5.75 Å². The van der Waals surface area contributed by atoms with Gasteiger partial charge in [-0.2, -0.15) is 0 Å². The predicted octanol–water partition coefficient (Wildman–Crippen LogP) is 2.95. The van der Waals surface area contributed by atoms with Crippen LogP contribution in [0.15, 0.2) is 36.7 Å². The van der Waals surface area contributed by atoms with Gasteiger partial charge in [-0.1, -0.05) is 0 Å². The number of aryl methyl sites for hydroxylation is 1. The number of fused-ring (bicyclic) bond motifs is 1. The lowest BCUT2D eigenvalue weighted by Gasteiger charge is -2.30. The number of hydrogen-bond donors (Lipinski definition) is 2. The van der Waals surface area contributed by atoms with E-state index < -0.39 is 6.36 Å². The second kappa shape index (κ2) is 8.60. The van der Waals surface area contributed by atoms with Crippen LogP contribution in [0.25, 0.3) is 11.0 Å². The van der Waals surface area contributed by atoms with Crippen molar-refractivity contribution in [3.63, 3.8) is 0 Å². The summed E-state index contributed by atoms with van der Waals surface area (Å²) >= 11 is 0. The van der Waals surface area contributed by atoms with Crippen LogP contribution >= 0.6 is 0 Å². The molecule has 1 aliphatic heterocycles. The summed E-state index contributed by atoms with van der Waals surface area (Å²) in [6.45, 7) is 0.855. The normalized spacial score (nSPS) is 15.0. The Morgan fingerprint density at radius 1 is 1.15 bits per heavy atom. The van der Waals surface area contributed by atoms with Crippen LogP contribution < -0.4 is 15.8 Å². The lowest BCUT2D eigenvalue weighted by Crippen LogP contribution is -2.42. The molecule has 3 heterocycles. The Kier molecular flexibility index (Phi) is 5.83. The molecule has 0 saturated carbocycles. The molecule has 9 nitrogen and oxygen atoms in total. The van der Waals surface area contributed by atoms with Gasteiger partial charge in [0, 0.05) is 31.7 Å². The van der Waals surface area contributed by atoms with Crippen molar-refractivity contribution in [2.45, 2.75) is 19.2 Å². The number of likely N-dealkylation sites (tertiary alicyclic amines) is 1. The van der Waals surface area contributed by atoms with Crippen LogP contribution in [0, 0.1) is 5.92 Å². The van der Waals surface area contributed by atoms with Crippen molar-refractivity contribution in [3.05, 3.63) is 42.4 Å². The number of carbonyl (C=O) groups is 2. The molecule has 0 atom stereocenters. The summed E-state index contributed by atoms with van der Waals surface area (Å²) in [6.07, 6.45) is -2.40. The minimum absolute atomic E-state index is 0.196. The fraction of sp³-hybridized carbons (Fsp3) is 0.333. The molecule has 33 heavy (non-hydrogen) atoms. The van der Waals surface area contributed by atoms with Crippen LogP contribution in [0.4, 0.5) is 24.7 Å². The number of alkyl halides is 3. The first-order chi connectivity index (χ1) is 15.6. The number of benzene rings is 1. The van der Waals surface area contributed by atoms with E-state index in [2.05, 4.69) is 20.0 Å². The highest BCUT2D eigenvalue weighted by atomic mass is 19.4. The van der Waals surface area contributed by atoms with Crippen molar-refractivity contribution in [1.29, 1.82) is 0 Å². The number of nitrogens with zero attached hydrogens (tertiary/aromatic N) is 4. The highest BCUT2D eigenvalue weighted by molar-refractivity contribution is 6.01. The zero-order chi connectivity index (χ0) is 23.8. The number of nitrogens with two attached hydrogens (primary N) is 1. The molecule has 0 radical (unpaired) electrons. The van der Waals surface area contributed by atoms with E-state index in [1.54, 1.807) is 22.6 Å². The minimum Gasteiger partial charge on any atom is -0.406 e. The summed E-state index contributed by atoms with van der Waals surface area (Å²) in [5, 5.41) is 3.61. The Hall–Kier alpha value is -3.83. The zero-order valence-electron chi connectivity index (χ0n) is 17.6. The Balaban J connectivity index is 1.55. The second-order valence-corrected chi connectivity index (χ2v) is 7.71. The summed E-state index contributed by atoms with van der Waals surface area (Å²) in [7, 11) is 1.71. The van der Waals surface area contributed by atoms with E-state index in [1.807, 2.05) is 0 Å². The molecular weight excluding hydrogens is 441 g/mol. The summed E-state index contributed by atoms with van der Waals surface area (Å²) in [5.41, 5.74) is 6.76. The number of rotatable bonds is 5. The first kappa shape index (κ1) is 22.4. The molecule has 1 saturated heterocycles. The number of anilines is 2. The fourth-order valence-corrected chi connectivity index (χ4v) is 3.84. The number of primary amides is 1. The number of amides is 2. The molecule has 2 amide bonds. The first-order valence-electron chi connectivity index (χ1n) is 10.1. The number of halogens is 3. The number of nitrogens with one attached hydrogen (secondary N) is 1. The smallest absolute Gasteiger partial charge is 0.406 e. The molecule has 12 heteroatoms. The van der Waals surface area contributed by atoms with E-state index in [1.165, 1.54) is 30.6 Å². The number of hydrogen-bond acceptors (Lipinski definition) is 6. The summed E-state index contributed by atoms with van der Waals surface area (Å²) < 4.78 is 42.6. The van der Waals surface area contributed by atoms with Crippen molar-refractivity contribution in [2.24, 2.45) is 18.7 Å². The molecular formula is C21H21F3N6O3. The predicted molar refractivity (Wildman–Crippen MR) is 113 cm³/mol. The molecule has 0 spiro atoms. The molecule has 174 valence electrons. The largest absolute Gasteiger partial charge is 0.573 e. The first-order valence-corrected chi connectivity index (χ1v) is 10.1. The van der Waals surface area contributed by atoms with E-state index in [4.69, 9.17) is 5.73 Å². The van der Waals surface area contributed by atoms with Gasteiger partial charge in [0.1, 0.15) is 29.2 Å². The van der Waals surface area contributed by atoms with Gasteiger partial charge in [-0.25, -0.2) is 9.97 Å². The Morgan fingerprint density at radius 3 is 2.42 bits per heavy atom. The van der Waals surface area contributed by atoms with Gasteiger partial charge in [0.2, 0.25) is 5.91 Å². The van der Waals surface area contributed by atoms with Crippen molar-refractivity contribution in [3.8, 4) is 5.75 Å². The lowest BCUT2D eigenvalue weighted by atomic mass is 9.96. The van der Waals surface area contributed by atoms with Gasteiger partial charge in [-0.15, -0.1) is 13.2 Å². The van der Waals surface area contributed by atoms with Crippen molar-refractivity contribution < 1.29 is 27.5 Å². The molecule has 1 fully saturated rings. The van der Waals surface area contributed by atoms with Gasteiger partial charge in [0.05, 0.1) is 5.39 Å². The van der Waals surface area contributed by atoms with Gasteiger partial charge < -0.3 is 25.3 Å². The SMILES string of the molecule is Cn1c(C(=O)N2CCC(C(N)=O)CC2)cc2c(Nc3ccc(OC(F)(F)F)cc3)ncnc21. The average Bonchev–Trinajstić information content (AvgIpc) is 3.11. The highest BCUT2D eigenvalue weighted by Gasteiger charge is 2.31. The van der Waals surface area contributed by atoms with E-state index in [9.17, 15) is 22.8 Å². The molecule has 1 aliphatic rings. The zero-order valence-corrected chi connectivity index (χ0v) is 17.6. The van der Waals surface area contributed by atoms with E-state index >= 15 is 0 Å². The van der Waals surface area contributed by atoms with Crippen LogP contribution in [-0.2, 0) is 11.8 Å². The maximum absolute atomic E-state index is 13.1. The minimum atomic E-state index is -4.77. The molecule has 0 aliphatic carbocycles. The van der Waals surface area contributed by atoms with E-state index in [-0.39, 0.29) is 23.5 Å². The third kappa shape index (κ3) is 4.83. The topological polar surface area (TPSA) is 115 Å². The molecule has 4 rings (SSSR count). The monoisotopic (exact) mass is 462 g/mol. The van der Waals surface area contributed by atoms with Crippen molar-refractivity contribution >= 4 is 34.4 Å². The number of carbonyl (C=O) groups excluding carboxylic acids is 2. The van der Waals surface area contributed by atoms with Gasteiger partial charge in [0.15, 0.2) is 0 Å².